The Hall–Kier alpha value is -2.23. The van der Waals surface area contributed by atoms with Crippen LogP contribution >= 0.6 is 11.3 Å². The Bertz CT molecular complexity index is 1080. The number of hydrogen-bond acceptors (Lipinski definition) is 5. The fourth-order valence-corrected chi connectivity index (χ4v) is 5.19. The number of carbonyl (C=O) groups is 1. The van der Waals surface area contributed by atoms with Crippen LogP contribution in [0.4, 0.5) is 0 Å². The van der Waals surface area contributed by atoms with Gasteiger partial charge in [-0.1, -0.05) is 18.2 Å². The van der Waals surface area contributed by atoms with Gasteiger partial charge in [0.1, 0.15) is 9.90 Å². The largest absolute Gasteiger partial charge is 0.476 e. The van der Waals surface area contributed by atoms with Crippen LogP contribution in [0.15, 0.2) is 29.2 Å². The zero-order valence-electron chi connectivity index (χ0n) is 13.9. The number of nitrogens with one attached hydrogen (secondary N) is 1. The molecule has 3 rings (SSSR count). The number of benzene rings is 1. The molecule has 0 aliphatic rings. The molecule has 2 aromatic heterocycles. The molecule has 0 aliphatic carbocycles. The molecule has 132 valence electrons. The van der Waals surface area contributed by atoms with Crippen LogP contribution < -0.4 is 4.72 Å². The Balaban J connectivity index is 1.95. The molecule has 0 fully saturated rings. The molecule has 0 aliphatic heterocycles. The van der Waals surface area contributed by atoms with Crippen molar-refractivity contribution < 1.29 is 18.3 Å². The summed E-state index contributed by atoms with van der Waals surface area (Å²) < 4.78 is 30.0. The number of hydrogen-bond donors (Lipinski definition) is 2. The Morgan fingerprint density at radius 2 is 2.00 bits per heavy atom. The minimum Gasteiger partial charge on any atom is -0.476 e. The highest BCUT2D eigenvalue weighted by Gasteiger charge is 2.24. The summed E-state index contributed by atoms with van der Waals surface area (Å²) in [5.41, 5.74) is 1.43. The second-order valence-corrected chi connectivity index (χ2v) is 8.62. The molecular formula is C16H17N3O4S2. The van der Waals surface area contributed by atoms with E-state index in [4.69, 9.17) is 5.11 Å². The first-order valence-electron chi connectivity index (χ1n) is 7.45. The van der Waals surface area contributed by atoms with E-state index in [1.165, 1.54) is 11.3 Å². The molecular weight excluding hydrogens is 362 g/mol. The maximum atomic E-state index is 12.8. The smallest absolute Gasteiger partial charge is 0.355 e. The van der Waals surface area contributed by atoms with Gasteiger partial charge in [-0.2, -0.15) is 0 Å². The summed E-state index contributed by atoms with van der Waals surface area (Å²) in [6.45, 7) is 3.35. The third-order valence-corrected chi connectivity index (χ3v) is 6.62. The van der Waals surface area contributed by atoms with Gasteiger partial charge in [0, 0.05) is 28.5 Å². The quantitative estimate of drug-likeness (QED) is 0.709. The second-order valence-electron chi connectivity index (χ2n) is 5.63. The van der Waals surface area contributed by atoms with Gasteiger partial charge in [-0.05, 0) is 19.9 Å². The van der Waals surface area contributed by atoms with Crippen molar-refractivity contribution >= 4 is 38.2 Å². The van der Waals surface area contributed by atoms with Gasteiger partial charge in [0.05, 0.1) is 6.54 Å². The molecule has 3 aromatic rings. The van der Waals surface area contributed by atoms with Crippen molar-refractivity contribution in [3.8, 4) is 0 Å². The number of aromatic nitrogens is 2. The van der Waals surface area contributed by atoms with E-state index >= 15 is 0 Å². The highest BCUT2D eigenvalue weighted by Crippen LogP contribution is 2.29. The normalized spacial score (nSPS) is 12.0. The third kappa shape index (κ3) is 3.06. The molecule has 7 nitrogen and oxygen atoms in total. The number of carboxylic acid groups (broad SMARTS) is 1. The molecule has 2 N–H and O–H groups in total. The van der Waals surface area contributed by atoms with Crippen LogP contribution in [0, 0.1) is 13.8 Å². The first-order chi connectivity index (χ1) is 11.7. The zero-order chi connectivity index (χ0) is 18.4. The molecule has 0 bridgehead atoms. The van der Waals surface area contributed by atoms with Gasteiger partial charge >= 0.3 is 5.97 Å². The van der Waals surface area contributed by atoms with Gasteiger partial charge in [0.15, 0.2) is 5.69 Å². The van der Waals surface area contributed by atoms with E-state index in [1.54, 1.807) is 26.0 Å². The standard InChI is InChI=1S/C16H17N3O4S2/c1-9-15(11-6-4-5-7-12(11)19(9)3)25(22,23)17-8-13-18-14(16(20)21)10(2)24-13/h4-7,17H,8H2,1-3H3,(H,20,21). The monoisotopic (exact) mass is 379 g/mol. The molecule has 25 heavy (non-hydrogen) atoms. The van der Waals surface area contributed by atoms with Gasteiger partial charge in [-0.15, -0.1) is 11.3 Å². The molecule has 0 unspecified atom stereocenters. The van der Waals surface area contributed by atoms with Gasteiger partial charge in [0.2, 0.25) is 10.0 Å². The van der Waals surface area contributed by atoms with Gasteiger partial charge in [0.25, 0.3) is 0 Å². The summed E-state index contributed by atoms with van der Waals surface area (Å²) >= 11 is 1.17. The van der Waals surface area contributed by atoms with Gasteiger partial charge < -0.3 is 9.67 Å². The van der Waals surface area contributed by atoms with Gasteiger partial charge in [-0.3, -0.25) is 0 Å². The lowest BCUT2D eigenvalue weighted by Gasteiger charge is -2.06. The predicted octanol–water partition coefficient (Wildman–Crippen LogP) is 2.43. The molecule has 0 saturated carbocycles. The fourth-order valence-electron chi connectivity index (χ4n) is 2.78. The van der Waals surface area contributed by atoms with Crippen molar-refractivity contribution in [2.75, 3.05) is 0 Å². The predicted molar refractivity (Wildman–Crippen MR) is 95.5 cm³/mol. The van der Waals surface area contributed by atoms with Crippen LogP contribution in [-0.4, -0.2) is 29.0 Å². The van der Waals surface area contributed by atoms with Crippen molar-refractivity contribution in [3.63, 3.8) is 0 Å². The number of nitrogens with zero attached hydrogens (tertiary/aromatic N) is 2. The van der Waals surface area contributed by atoms with Crippen LogP contribution in [0.25, 0.3) is 10.9 Å². The molecule has 0 spiro atoms. The molecule has 2 heterocycles. The Morgan fingerprint density at radius 3 is 2.64 bits per heavy atom. The lowest BCUT2D eigenvalue weighted by atomic mass is 10.2. The van der Waals surface area contributed by atoms with Crippen LogP contribution in [-0.2, 0) is 23.6 Å². The second kappa shape index (κ2) is 6.25. The third-order valence-electron chi connectivity index (χ3n) is 4.07. The summed E-state index contributed by atoms with van der Waals surface area (Å²) in [5, 5.41) is 10.1. The summed E-state index contributed by atoms with van der Waals surface area (Å²) in [4.78, 5) is 15.8. The molecule has 1 aromatic carbocycles. The molecule has 0 atom stereocenters. The topological polar surface area (TPSA) is 101 Å². The average molecular weight is 379 g/mol. The Labute approximate surface area is 149 Å². The van der Waals surface area contributed by atoms with E-state index in [0.717, 1.165) is 5.52 Å². The van der Waals surface area contributed by atoms with Crippen LogP contribution in [0.2, 0.25) is 0 Å². The minimum atomic E-state index is -3.77. The zero-order valence-corrected chi connectivity index (χ0v) is 15.5. The fraction of sp³-hybridized carbons (Fsp3) is 0.250. The van der Waals surface area contributed by atoms with E-state index in [2.05, 4.69) is 9.71 Å². The number of sulfonamides is 1. The number of aromatic carboxylic acids is 1. The van der Waals surface area contributed by atoms with Crippen LogP contribution in [0.1, 0.15) is 26.1 Å². The molecule has 0 saturated heterocycles. The summed E-state index contributed by atoms with van der Waals surface area (Å²) in [5.74, 6) is -1.12. The maximum absolute atomic E-state index is 12.8. The van der Waals surface area contributed by atoms with E-state index in [1.807, 2.05) is 23.7 Å². The lowest BCUT2D eigenvalue weighted by Crippen LogP contribution is -2.24. The number of aryl methyl sites for hydroxylation is 2. The van der Waals surface area contributed by atoms with Crippen molar-refractivity contribution in [2.24, 2.45) is 7.05 Å². The highest BCUT2D eigenvalue weighted by atomic mass is 32.2. The number of rotatable bonds is 5. The van der Waals surface area contributed by atoms with Crippen molar-refractivity contribution in [1.29, 1.82) is 0 Å². The summed E-state index contributed by atoms with van der Waals surface area (Å²) in [6, 6.07) is 7.29. The SMILES string of the molecule is Cc1sc(CNS(=O)(=O)c2c(C)n(C)c3ccccc23)nc1C(=O)O. The average Bonchev–Trinajstić information content (AvgIpc) is 3.05. The van der Waals surface area contributed by atoms with Crippen molar-refractivity contribution in [3.05, 3.63) is 45.5 Å². The van der Waals surface area contributed by atoms with E-state index in [0.29, 0.717) is 21.0 Å². The number of carboxylic acids is 1. The number of fused-ring (bicyclic) bond motifs is 1. The highest BCUT2D eigenvalue weighted by molar-refractivity contribution is 7.89. The first-order valence-corrected chi connectivity index (χ1v) is 9.75. The van der Waals surface area contributed by atoms with E-state index in [9.17, 15) is 13.2 Å². The van der Waals surface area contributed by atoms with E-state index in [-0.39, 0.29) is 17.1 Å². The Kier molecular flexibility index (Phi) is 4.40. The maximum Gasteiger partial charge on any atom is 0.355 e. The van der Waals surface area contributed by atoms with Crippen molar-refractivity contribution in [1.82, 2.24) is 14.3 Å². The van der Waals surface area contributed by atoms with Crippen LogP contribution in [0.3, 0.4) is 0 Å². The van der Waals surface area contributed by atoms with Gasteiger partial charge in [-0.25, -0.2) is 22.9 Å². The number of para-hydroxylation sites is 1. The lowest BCUT2D eigenvalue weighted by molar-refractivity contribution is 0.0690. The molecule has 0 amide bonds. The molecule has 0 radical (unpaired) electrons. The summed E-state index contributed by atoms with van der Waals surface area (Å²) in [7, 11) is -1.95. The first kappa shape index (κ1) is 17.6. The molecule has 9 heteroatoms. The van der Waals surface area contributed by atoms with E-state index < -0.39 is 16.0 Å². The van der Waals surface area contributed by atoms with Crippen LogP contribution in [0.5, 0.6) is 0 Å². The minimum absolute atomic E-state index is 0.0412. The Morgan fingerprint density at radius 1 is 1.32 bits per heavy atom. The number of thiazole rings is 1. The summed E-state index contributed by atoms with van der Waals surface area (Å²) in [6.07, 6.45) is 0. The van der Waals surface area contributed by atoms with Crippen molar-refractivity contribution in [2.45, 2.75) is 25.3 Å².